The summed E-state index contributed by atoms with van der Waals surface area (Å²) >= 11 is 0. The Morgan fingerprint density at radius 3 is 3.00 bits per heavy atom. The first-order valence-electron chi connectivity index (χ1n) is 6.85. The van der Waals surface area contributed by atoms with Gasteiger partial charge in [0, 0.05) is 31.2 Å². The fourth-order valence-electron chi connectivity index (χ4n) is 2.96. The van der Waals surface area contributed by atoms with Gasteiger partial charge in [-0.15, -0.1) is 0 Å². The minimum Gasteiger partial charge on any atom is -0.399 e. The lowest BCUT2D eigenvalue weighted by Gasteiger charge is -2.31. The fourth-order valence-corrected chi connectivity index (χ4v) is 2.96. The Hall–Kier alpha value is -2.49. The van der Waals surface area contributed by atoms with Crippen LogP contribution in [-0.2, 0) is 13.0 Å². The summed E-state index contributed by atoms with van der Waals surface area (Å²) in [5.41, 5.74) is 10.5. The zero-order valence-corrected chi connectivity index (χ0v) is 11.2. The molecule has 3 heterocycles. The summed E-state index contributed by atoms with van der Waals surface area (Å²) in [7, 11) is 0. The van der Waals surface area contributed by atoms with Crippen LogP contribution in [0.15, 0.2) is 48.8 Å². The second-order valence-electron chi connectivity index (χ2n) is 5.24. The van der Waals surface area contributed by atoms with Crippen LogP contribution in [-0.4, -0.2) is 15.9 Å². The molecule has 0 spiro atoms. The summed E-state index contributed by atoms with van der Waals surface area (Å²) in [6.45, 7) is 1.92. The van der Waals surface area contributed by atoms with E-state index in [1.165, 1.54) is 16.9 Å². The van der Waals surface area contributed by atoms with Gasteiger partial charge < -0.3 is 10.6 Å². The molecule has 0 amide bonds. The van der Waals surface area contributed by atoms with Gasteiger partial charge in [0.25, 0.3) is 0 Å². The van der Waals surface area contributed by atoms with Gasteiger partial charge in [0.15, 0.2) is 0 Å². The van der Waals surface area contributed by atoms with Gasteiger partial charge >= 0.3 is 0 Å². The standard InChI is InChI=1S/C16H16N4/c17-14-5-4-12-6-8-19(11-13(12)10-14)16-3-1-2-15-18-7-9-20(15)16/h1-5,7,9-10H,6,8,11,17H2. The van der Waals surface area contributed by atoms with E-state index in [1.807, 2.05) is 24.5 Å². The molecular weight excluding hydrogens is 248 g/mol. The molecule has 0 atom stereocenters. The monoisotopic (exact) mass is 264 g/mol. The minimum atomic E-state index is 0.839. The van der Waals surface area contributed by atoms with Crippen LogP contribution >= 0.6 is 0 Å². The molecule has 4 rings (SSSR count). The van der Waals surface area contributed by atoms with E-state index in [2.05, 4.69) is 38.6 Å². The Balaban J connectivity index is 1.76. The maximum absolute atomic E-state index is 5.91. The van der Waals surface area contributed by atoms with E-state index in [1.54, 1.807) is 0 Å². The van der Waals surface area contributed by atoms with Crippen molar-refractivity contribution in [3.63, 3.8) is 0 Å². The normalized spacial score (nSPS) is 14.5. The first-order valence-corrected chi connectivity index (χ1v) is 6.85. The van der Waals surface area contributed by atoms with E-state index in [9.17, 15) is 0 Å². The van der Waals surface area contributed by atoms with Crippen molar-refractivity contribution >= 4 is 17.2 Å². The third-order valence-electron chi connectivity index (χ3n) is 3.97. The number of fused-ring (bicyclic) bond motifs is 2. The van der Waals surface area contributed by atoms with Gasteiger partial charge in [-0.25, -0.2) is 4.98 Å². The summed E-state index contributed by atoms with van der Waals surface area (Å²) in [4.78, 5) is 6.73. The molecule has 0 fully saturated rings. The van der Waals surface area contributed by atoms with E-state index in [4.69, 9.17) is 5.73 Å². The van der Waals surface area contributed by atoms with Crippen molar-refractivity contribution in [2.45, 2.75) is 13.0 Å². The number of aromatic nitrogens is 2. The lowest BCUT2D eigenvalue weighted by atomic mass is 9.99. The van der Waals surface area contributed by atoms with Gasteiger partial charge in [0.1, 0.15) is 11.5 Å². The molecule has 2 aromatic heterocycles. The van der Waals surface area contributed by atoms with Crippen molar-refractivity contribution < 1.29 is 0 Å². The van der Waals surface area contributed by atoms with Crippen molar-refractivity contribution in [3.05, 3.63) is 59.9 Å². The Morgan fingerprint density at radius 1 is 1.10 bits per heavy atom. The fraction of sp³-hybridized carbons (Fsp3) is 0.188. The Kier molecular flexibility index (Phi) is 2.42. The molecule has 0 unspecified atom stereocenters. The Labute approximate surface area is 117 Å². The van der Waals surface area contributed by atoms with Crippen LogP contribution in [0, 0.1) is 0 Å². The smallest absolute Gasteiger partial charge is 0.138 e. The Bertz CT molecular complexity index is 775. The predicted molar refractivity (Wildman–Crippen MR) is 80.8 cm³/mol. The summed E-state index contributed by atoms with van der Waals surface area (Å²) in [6.07, 6.45) is 4.91. The van der Waals surface area contributed by atoms with Gasteiger partial charge in [-0.3, -0.25) is 4.40 Å². The van der Waals surface area contributed by atoms with Crippen LogP contribution in [0.1, 0.15) is 11.1 Å². The number of benzene rings is 1. The summed E-state index contributed by atoms with van der Waals surface area (Å²) < 4.78 is 2.14. The molecule has 1 aliphatic heterocycles. The zero-order chi connectivity index (χ0) is 13.5. The zero-order valence-electron chi connectivity index (χ0n) is 11.2. The van der Waals surface area contributed by atoms with Crippen LogP contribution in [0.25, 0.3) is 5.65 Å². The van der Waals surface area contributed by atoms with Crippen LogP contribution in [0.2, 0.25) is 0 Å². The molecule has 1 aromatic carbocycles. The van der Waals surface area contributed by atoms with Gasteiger partial charge in [-0.05, 0) is 41.8 Å². The molecule has 3 aromatic rings. The average Bonchev–Trinajstić information content (AvgIpc) is 2.94. The molecule has 0 saturated heterocycles. The van der Waals surface area contributed by atoms with Crippen LogP contribution < -0.4 is 10.6 Å². The number of rotatable bonds is 1. The second-order valence-corrected chi connectivity index (χ2v) is 5.24. The van der Waals surface area contributed by atoms with Crippen molar-refractivity contribution in [2.24, 2.45) is 0 Å². The van der Waals surface area contributed by atoms with E-state index < -0.39 is 0 Å². The molecule has 0 bridgehead atoms. The molecule has 0 aliphatic carbocycles. The summed E-state index contributed by atoms with van der Waals surface area (Å²) in [5.74, 6) is 1.19. The summed E-state index contributed by atoms with van der Waals surface area (Å²) in [6, 6.07) is 12.5. The van der Waals surface area contributed by atoms with Crippen LogP contribution in [0.5, 0.6) is 0 Å². The number of nitrogens with two attached hydrogens (primary N) is 1. The molecule has 1 aliphatic rings. The lowest BCUT2D eigenvalue weighted by Crippen LogP contribution is -2.31. The van der Waals surface area contributed by atoms with Crippen molar-refractivity contribution in [2.75, 3.05) is 17.2 Å². The van der Waals surface area contributed by atoms with Crippen molar-refractivity contribution in [1.82, 2.24) is 9.38 Å². The first kappa shape index (κ1) is 11.3. The lowest BCUT2D eigenvalue weighted by molar-refractivity contribution is 0.716. The number of nitrogens with zero attached hydrogens (tertiary/aromatic N) is 3. The maximum Gasteiger partial charge on any atom is 0.138 e. The van der Waals surface area contributed by atoms with E-state index in [0.717, 1.165) is 30.8 Å². The SMILES string of the molecule is Nc1ccc2c(c1)CN(c1cccc3nccn13)CC2. The number of nitrogen functional groups attached to an aromatic ring is 1. The molecule has 2 N–H and O–H groups in total. The molecular formula is C16H16N4. The number of imidazole rings is 1. The van der Waals surface area contributed by atoms with E-state index >= 15 is 0 Å². The number of hydrogen-bond donors (Lipinski definition) is 1. The molecule has 0 radical (unpaired) electrons. The number of anilines is 2. The second kappa shape index (κ2) is 4.27. The molecule has 20 heavy (non-hydrogen) atoms. The Morgan fingerprint density at radius 2 is 2.05 bits per heavy atom. The quantitative estimate of drug-likeness (QED) is 0.687. The molecule has 100 valence electrons. The topological polar surface area (TPSA) is 46.6 Å². The molecule has 0 saturated carbocycles. The highest BCUT2D eigenvalue weighted by molar-refractivity contribution is 5.54. The molecule has 4 nitrogen and oxygen atoms in total. The highest BCUT2D eigenvalue weighted by Gasteiger charge is 2.18. The van der Waals surface area contributed by atoms with Gasteiger partial charge in [0.05, 0.1) is 0 Å². The van der Waals surface area contributed by atoms with Crippen LogP contribution in [0.3, 0.4) is 0 Å². The third-order valence-corrected chi connectivity index (χ3v) is 3.97. The first-order chi connectivity index (χ1) is 9.81. The van der Waals surface area contributed by atoms with Gasteiger partial charge in [-0.1, -0.05) is 12.1 Å². The largest absolute Gasteiger partial charge is 0.399 e. The highest BCUT2D eigenvalue weighted by atomic mass is 15.2. The summed E-state index contributed by atoms with van der Waals surface area (Å²) in [5, 5.41) is 0. The van der Waals surface area contributed by atoms with E-state index in [-0.39, 0.29) is 0 Å². The van der Waals surface area contributed by atoms with Gasteiger partial charge in [-0.2, -0.15) is 0 Å². The van der Waals surface area contributed by atoms with Crippen molar-refractivity contribution in [1.29, 1.82) is 0 Å². The predicted octanol–water partition coefficient (Wildman–Crippen LogP) is 2.48. The van der Waals surface area contributed by atoms with Crippen molar-refractivity contribution in [3.8, 4) is 0 Å². The maximum atomic E-state index is 5.91. The number of hydrogen-bond acceptors (Lipinski definition) is 3. The van der Waals surface area contributed by atoms with E-state index in [0.29, 0.717) is 0 Å². The van der Waals surface area contributed by atoms with Crippen LogP contribution in [0.4, 0.5) is 11.5 Å². The highest BCUT2D eigenvalue weighted by Crippen LogP contribution is 2.26. The third kappa shape index (κ3) is 1.72. The molecule has 4 heteroatoms. The number of pyridine rings is 1. The average molecular weight is 264 g/mol. The van der Waals surface area contributed by atoms with Gasteiger partial charge in [0.2, 0.25) is 0 Å². The minimum absolute atomic E-state index is 0.839.